The Morgan fingerprint density at radius 2 is 2.06 bits per heavy atom. The molecule has 0 aromatic carbocycles. The van der Waals surface area contributed by atoms with Crippen LogP contribution in [-0.2, 0) is 0 Å². The van der Waals surface area contributed by atoms with E-state index in [4.69, 9.17) is 5.11 Å². The standard InChI is InChI=1S/C12H15NO2S/c14-12(15)9-6-7-11(13-8-9)16-10-4-2-1-3-5-10/h6-8,10H,1-5H2,(H,14,15). The number of rotatable bonds is 3. The highest BCUT2D eigenvalue weighted by Gasteiger charge is 2.15. The van der Waals surface area contributed by atoms with Gasteiger partial charge in [-0.1, -0.05) is 19.3 Å². The second-order valence-corrected chi connectivity index (χ2v) is 5.39. The molecule has 4 heteroatoms. The van der Waals surface area contributed by atoms with E-state index in [1.807, 2.05) is 6.07 Å². The molecule has 1 fully saturated rings. The van der Waals surface area contributed by atoms with Crippen molar-refractivity contribution in [2.24, 2.45) is 0 Å². The van der Waals surface area contributed by atoms with Crippen LogP contribution < -0.4 is 0 Å². The Labute approximate surface area is 99.3 Å². The zero-order valence-electron chi connectivity index (χ0n) is 9.06. The lowest BCUT2D eigenvalue weighted by atomic mass is 10.0. The fraction of sp³-hybridized carbons (Fsp3) is 0.500. The maximum atomic E-state index is 10.7. The van der Waals surface area contributed by atoms with E-state index in [2.05, 4.69) is 4.98 Å². The van der Waals surface area contributed by atoms with Crippen molar-refractivity contribution in [1.29, 1.82) is 0 Å². The highest BCUT2D eigenvalue weighted by molar-refractivity contribution is 7.99. The number of pyridine rings is 1. The molecule has 1 aromatic rings. The average Bonchev–Trinajstić information content (AvgIpc) is 2.31. The van der Waals surface area contributed by atoms with E-state index < -0.39 is 5.97 Å². The minimum Gasteiger partial charge on any atom is -0.478 e. The van der Waals surface area contributed by atoms with E-state index in [1.54, 1.807) is 17.8 Å². The highest BCUT2D eigenvalue weighted by Crippen LogP contribution is 2.32. The number of nitrogens with zero attached hydrogens (tertiary/aromatic N) is 1. The van der Waals surface area contributed by atoms with Gasteiger partial charge in [-0.25, -0.2) is 9.78 Å². The zero-order chi connectivity index (χ0) is 11.4. The van der Waals surface area contributed by atoms with Gasteiger partial charge in [0.25, 0.3) is 0 Å². The Morgan fingerprint density at radius 1 is 1.31 bits per heavy atom. The number of aromatic nitrogens is 1. The highest BCUT2D eigenvalue weighted by atomic mass is 32.2. The van der Waals surface area contributed by atoms with Crippen molar-refractivity contribution < 1.29 is 9.90 Å². The van der Waals surface area contributed by atoms with Crippen molar-refractivity contribution in [3.63, 3.8) is 0 Å². The van der Waals surface area contributed by atoms with Crippen LogP contribution in [0, 0.1) is 0 Å². The first-order valence-electron chi connectivity index (χ1n) is 5.62. The van der Waals surface area contributed by atoms with E-state index in [0.717, 1.165) is 5.03 Å². The minimum atomic E-state index is -0.915. The zero-order valence-corrected chi connectivity index (χ0v) is 9.87. The summed E-state index contributed by atoms with van der Waals surface area (Å²) in [5.41, 5.74) is 0.257. The largest absolute Gasteiger partial charge is 0.478 e. The van der Waals surface area contributed by atoms with E-state index >= 15 is 0 Å². The summed E-state index contributed by atoms with van der Waals surface area (Å²) in [6.07, 6.45) is 7.92. The second-order valence-electron chi connectivity index (χ2n) is 4.07. The maximum Gasteiger partial charge on any atom is 0.337 e. The SMILES string of the molecule is O=C(O)c1ccc(SC2CCCCC2)nc1. The van der Waals surface area contributed by atoms with Crippen LogP contribution in [0.2, 0.25) is 0 Å². The number of carboxylic acid groups (broad SMARTS) is 1. The quantitative estimate of drug-likeness (QED) is 0.877. The molecule has 0 saturated heterocycles. The van der Waals surface area contributed by atoms with Crippen LogP contribution in [-0.4, -0.2) is 21.3 Å². The first-order chi connectivity index (χ1) is 7.75. The molecule has 1 aliphatic carbocycles. The smallest absolute Gasteiger partial charge is 0.337 e. The van der Waals surface area contributed by atoms with Gasteiger partial charge in [0.1, 0.15) is 0 Å². The van der Waals surface area contributed by atoms with Gasteiger partial charge in [0.2, 0.25) is 0 Å². The first-order valence-corrected chi connectivity index (χ1v) is 6.49. The van der Waals surface area contributed by atoms with E-state index in [1.165, 1.54) is 38.3 Å². The molecule has 0 atom stereocenters. The van der Waals surface area contributed by atoms with Crippen molar-refractivity contribution in [3.8, 4) is 0 Å². The Hall–Kier alpha value is -1.03. The Morgan fingerprint density at radius 3 is 2.62 bits per heavy atom. The molecule has 1 aliphatic rings. The summed E-state index contributed by atoms with van der Waals surface area (Å²) < 4.78 is 0. The molecule has 1 N–H and O–H groups in total. The van der Waals surface area contributed by atoms with Gasteiger partial charge in [0, 0.05) is 11.4 Å². The normalized spacial score (nSPS) is 17.2. The Kier molecular flexibility index (Phi) is 3.83. The molecule has 16 heavy (non-hydrogen) atoms. The molecule has 0 aliphatic heterocycles. The van der Waals surface area contributed by atoms with Gasteiger partial charge in [-0.2, -0.15) is 0 Å². The molecule has 0 bridgehead atoms. The van der Waals surface area contributed by atoms with Crippen LogP contribution in [0.15, 0.2) is 23.4 Å². The minimum absolute atomic E-state index is 0.257. The average molecular weight is 237 g/mol. The van der Waals surface area contributed by atoms with Gasteiger partial charge in [-0.3, -0.25) is 0 Å². The van der Waals surface area contributed by atoms with Gasteiger partial charge in [-0.15, -0.1) is 11.8 Å². The number of carboxylic acids is 1. The number of hydrogen-bond donors (Lipinski definition) is 1. The first kappa shape index (κ1) is 11.5. The predicted octanol–water partition coefficient (Wildman–Crippen LogP) is 3.20. The third-order valence-electron chi connectivity index (χ3n) is 2.82. The Balaban J connectivity index is 1.96. The third-order valence-corrected chi connectivity index (χ3v) is 4.11. The third kappa shape index (κ3) is 2.98. The van der Waals surface area contributed by atoms with Gasteiger partial charge in [0.15, 0.2) is 0 Å². The molecule has 86 valence electrons. The Bertz CT molecular complexity index is 358. The van der Waals surface area contributed by atoms with Crippen LogP contribution in [0.1, 0.15) is 42.5 Å². The van der Waals surface area contributed by atoms with Crippen LogP contribution >= 0.6 is 11.8 Å². The molecule has 1 heterocycles. The lowest BCUT2D eigenvalue weighted by molar-refractivity contribution is 0.0696. The molecule has 2 rings (SSSR count). The number of thioether (sulfide) groups is 1. The van der Waals surface area contributed by atoms with Gasteiger partial charge in [0.05, 0.1) is 10.6 Å². The summed E-state index contributed by atoms with van der Waals surface area (Å²) in [7, 11) is 0. The maximum absolute atomic E-state index is 10.7. The molecule has 0 amide bonds. The monoisotopic (exact) mass is 237 g/mol. The van der Waals surface area contributed by atoms with Crippen LogP contribution in [0.25, 0.3) is 0 Å². The summed E-state index contributed by atoms with van der Waals surface area (Å²) >= 11 is 1.78. The van der Waals surface area contributed by atoms with E-state index in [0.29, 0.717) is 5.25 Å². The van der Waals surface area contributed by atoms with Crippen LogP contribution in [0.4, 0.5) is 0 Å². The molecule has 0 unspecified atom stereocenters. The molecule has 3 nitrogen and oxygen atoms in total. The number of carbonyl (C=O) groups is 1. The fourth-order valence-corrected chi connectivity index (χ4v) is 3.10. The molecule has 0 radical (unpaired) electrons. The molecular weight excluding hydrogens is 222 g/mol. The van der Waals surface area contributed by atoms with Crippen molar-refractivity contribution in [3.05, 3.63) is 23.9 Å². The summed E-state index contributed by atoms with van der Waals surface area (Å²) in [4.78, 5) is 14.8. The molecular formula is C12H15NO2S. The molecule has 1 aromatic heterocycles. The van der Waals surface area contributed by atoms with Crippen LogP contribution in [0.5, 0.6) is 0 Å². The summed E-state index contributed by atoms with van der Waals surface area (Å²) in [6, 6.07) is 3.43. The number of hydrogen-bond acceptors (Lipinski definition) is 3. The van der Waals surface area contributed by atoms with Gasteiger partial charge < -0.3 is 5.11 Å². The van der Waals surface area contributed by atoms with Gasteiger partial charge >= 0.3 is 5.97 Å². The van der Waals surface area contributed by atoms with Gasteiger partial charge in [-0.05, 0) is 25.0 Å². The van der Waals surface area contributed by atoms with Crippen molar-refractivity contribution >= 4 is 17.7 Å². The van der Waals surface area contributed by atoms with Crippen molar-refractivity contribution in [1.82, 2.24) is 4.98 Å². The summed E-state index contributed by atoms with van der Waals surface area (Å²) in [6.45, 7) is 0. The summed E-state index contributed by atoms with van der Waals surface area (Å²) in [5.74, 6) is -0.915. The predicted molar refractivity (Wildman–Crippen MR) is 63.9 cm³/mol. The molecule has 0 spiro atoms. The fourth-order valence-electron chi connectivity index (χ4n) is 1.93. The second kappa shape index (κ2) is 5.34. The van der Waals surface area contributed by atoms with E-state index in [-0.39, 0.29) is 5.56 Å². The summed E-state index contributed by atoms with van der Waals surface area (Å²) in [5, 5.41) is 10.4. The van der Waals surface area contributed by atoms with Crippen LogP contribution in [0.3, 0.4) is 0 Å². The topological polar surface area (TPSA) is 50.2 Å². The number of aromatic carboxylic acids is 1. The lowest BCUT2D eigenvalue weighted by Gasteiger charge is -2.20. The van der Waals surface area contributed by atoms with Crippen molar-refractivity contribution in [2.45, 2.75) is 42.4 Å². The van der Waals surface area contributed by atoms with E-state index in [9.17, 15) is 4.79 Å². The lowest BCUT2D eigenvalue weighted by Crippen LogP contribution is -2.08. The van der Waals surface area contributed by atoms with Crippen molar-refractivity contribution in [2.75, 3.05) is 0 Å². The molecule has 1 saturated carbocycles.